The van der Waals surface area contributed by atoms with Gasteiger partial charge in [-0.1, -0.05) is 0 Å². The Labute approximate surface area is 151 Å². The summed E-state index contributed by atoms with van der Waals surface area (Å²) in [5.74, 6) is 0.874. The van der Waals surface area contributed by atoms with Crippen molar-refractivity contribution in [2.45, 2.75) is 12.8 Å². The van der Waals surface area contributed by atoms with E-state index in [-0.39, 0.29) is 28.4 Å². The molecule has 9 heteroatoms. The van der Waals surface area contributed by atoms with Crippen molar-refractivity contribution in [3.63, 3.8) is 0 Å². The number of ether oxygens (including phenoxy) is 2. The molecule has 0 spiro atoms. The van der Waals surface area contributed by atoms with Crippen LogP contribution in [0.3, 0.4) is 0 Å². The predicted molar refractivity (Wildman–Crippen MR) is 97.0 cm³/mol. The number of aryl methyl sites for hydroxylation is 1. The molecule has 1 saturated heterocycles. The zero-order valence-corrected chi connectivity index (χ0v) is 15.7. The first-order chi connectivity index (χ1) is 12.4. The predicted octanol–water partition coefficient (Wildman–Crippen LogP) is 2.27. The number of methoxy groups -OCH3 is 2. The molecule has 0 amide bonds. The number of ketones is 1. The van der Waals surface area contributed by atoms with E-state index in [4.69, 9.17) is 9.47 Å². The van der Waals surface area contributed by atoms with Gasteiger partial charge in [0.25, 0.3) is 0 Å². The molecule has 1 aliphatic rings. The number of rotatable bonds is 5. The summed E-state index contributed by atoms with van der Waals surface area (Å²) in [6.07, 6.45) is 3.00. The van der Waals surface area contributed by atoms with Crippen LogP contribution in [0.5, 0.6) is 17.4 Å². The van der Waals surface area contributed by atoms with Crippen molar-refractivity contribution >= 4 is 21.2 Å². The van der Waals surface area contributed by atoms with Crippen LogP contribution in [0.2, 0.25) is 0 Å². The molecule has 26 heavy (non-hydrogen) atoms. The molecule has 0 aliphatic carbocycles. The number of carbonyl (C=O) groups is 1. The highest BCUT2D eigenvalue weighted by Gasteiger charge is 2.26. The number of aromatic hydroxyl groups is 1. The van der Waals surface area contributed by atoms with Gasteiger partial charge >= 0.3 is 0 Å². The fraction of sp³-hybridized carbons (Fsp3) is 0.412. The van der Waals surface area contributed by atoms with E-state index in [2.05, 4.69) is 9.46 Å². The van der Waals surface area contributed by atoms with Gasteiger partial charge in [-0.15, -0.1) is 0 Å². The Bertz CT molecular complexity index is 961. The molecule has 0 radical (unpaired) electrons. The maximum Gasteiger partial charge on any atom is 0.220 e. The number of benzene rings is 1. The first-order valence-corrected chi connectivity index (χ1v) is 9.98. The maximum absolute atomic E-state index is 12.9. The molecule has 0 atom stereocenters. The molecule has 8 nitrogen and oxygen atoms in total. The quantitative estimate of drug-likeness (QED) is 0.800. The Morgan fingerprint density at radius 2 is 1.92 bits per heavy atom. The van der Waals surface area contributed by atoms with Gasteiger partial charge in [-0.05, 0) is 25.0 Å². The minimum atomic E-state index is -2.40. The Balaban J connectivity index is 2.19. The SMILES string of the molecule is COc1ccc(C(=O)c2cnn(C)c2O)c(OC)c1N=S1(=O)CCCC1. The van der Waals surface area contributed by atoms with E-state index >= 15 is 0 Å². The molecular formula is C17H21N3O5S. The summed E-state index contributed by atoms with van der Waals surface area (Å²) in [6.45, 7) is 0. The molecule has 1 fully saturated rings. The van der Waals surface area contributed by atoms with Crippen molar-refractivity contribution in [2.75, 3.05) is 25.7 Å². The maximum atomic E-state index is 12.9. The van der Waals surface area contributed by atoms with Gasteiger partial charge in [0.05, 0.1) is 35.7 Å². The fourth-order valence-electron chi connectivity index (χ4n) is 2.94. The zero-order chi connectivity index (χ0) is 18.9. The molecule has 0 bridgehead atoms. The van der Waals surface area contributed by atoms with Gasteiger partial charge in [0.2, 0.25) is 11.7 Å². The molecule has 0 saturated carbocycles. The van der Waals surface area contributed by atoms with Gasteiger partial charge in [-0.2, -0.15) is 9.46 Å². The van der Waals surface area contributed by atoms with Crippen LogP contribution in [0.25, 0.3) is 0 Å². The molecule has 2 aromatic rings. The number of hydrogen-bond acceptors (Lipinski definition) is 7. The second kappa shape index (κ2) is 6.99. The highest BCUT2D eigenvalue weighted by atomic mass is 32.2. The molecule has 3 rings (SSSR count). The molecule has 1 aromatic carbocycles. The lowest BCUT2D eigenvalue weighted by Gasteiger charge is -2.14. The third-order valence-corrected chi connectivity index (χ3v) is 6.72. The summed E-state index contributed by atoms with van der Waals surface area (Å²) < 4.78 is 29.3. The zero-order valence-electron chi connectivity index (χ0n) is 14.9. The van der Waals surface area contributed by atoms with Gasteiger partial charge in [-0.25, -0.2) is 8.89 Å². The highest BCUT2D eigenvalue weighted by molar-refractivity contribution is 7.93. The normalized spacial score (nSPS) is 15.7. The van der Waals surface area contributed by atoms with Gasteiger partial charge in [0.1, 0.15) is 11.3 Å². The fourth-order valence-corrected chi connectivity index (χ4v) is 5.14. The lowest BCUT2D eigenvalue weighted by atomic mass is 10.0. The second-order valence-corrected chi connectivity index (χ2v) is 8.56. The van der Waals surface area contributed by atoms with Crippen molar-refractivity contribution in [2.24, 2.45) is 11.4 Å². The Kier molecular flexibility index (Phi) is 4.90. The van der Waals surface area contributed by atoms with Crippen LogP contribution in [0.1, 0.15) is 28.8 Å². The molecule has 1 aliphatic heterocycles. The van der Waals surface area contributed by atoms with Crippen molar-refractivity contribution in [3.8, 4) is 17.4 Å². The first kappa shape index (κ1) is 18.2. The third kappa shape index (κ3) is 3.14. The van der Waals surface area contributed by atoms with Crippen molar-refractivity contribution in [1.29, 1.82) is 0 Å². The van der Waals surface area contributed by atoms with Crippen LogP contribution >= 0.6 is 0 Å². The summed E-state index contributed by atoms with van der Waals surface area (Å²) in [4.78, 5) is 12.9. The van der Waals surface area contributed by atoms with E-state index in [1.54, 1.807) is 6.07 Å². The molecule has 140 valence electrons. The van der Waals surface area contributed by atoms with Crippen molar-refractivity contribution in [1.82, 2.24) is 9.78 Å². The van der Waals surface area contributed by atoms with E-state index in [1.807, 2.05) is 0 Å². The van der Waals surface area contributed by atoms with Gasteiger partial charge in [-0.3, -0.25) is 4.79 Å². The number of aromatic nitrogens is 2. The average Bonchev–Trinajstić information content (AvgIpc) is 3.20. The van der Waals surface area contributed by atoms with Crippen LogP contribution < -0.4 is 9.47 Å². The number of carbonyl (C=O) groups excluding carboxylic acids is 1. The van der Waals surface area contributed by atoms with Crippen LogP contribution in [0, 0.1) is 0 Å². The van der Waals surface area contributed by atoms with Gasteiger partial charge in [0, 0.05) is 18.6 Å². The topological polar surface area (TPSA) is 103 Å². The van der Waals surface area contributed by atoms with Crippen LogP contribution in [-0.4, -0.2) is 50.6 Å². The van der Waals surface area contributed by atoms with Crippen LogP contribution in [0.4, 0.5) is 5.69 Å². The van der Waals surface area contributed by atoms with E-state index in [9.17, 15) is 14.1 Å². The standard InChI is InChI=1S/C17H21N3O5S/c1-20-17(22)12(10-18-20)15(21)11-6-7-13(24-2)14(16(11)25-3)19-26(23)8-4-5-9-26/h6-7,10,22H,4-5,8-9H2,1-3H3. The second-order valence-electron chi connectivity index (χ2n) is 6.01. The lowest BCUT2D eigenvalue weighted by molar-refractivity contribution is 0.103. The smallest absolute Gasteiger partial charge is 0.220 e. The Morgan fingerprint density at radius 1 is 1.23 bits per heavy atom. The summed E-state index contributed by atoms with van der Waals surface area (Å²) in [7, 11) is 2.02. The summed E-state index contributed by atoms with van der Waals surface area (Å²) in [5.41, 5.74) is 0.499. The number of hydrogen-bond donors (Lipinski definition) is 1. The average molecular weight is 379 g/mol. The van der Waals surface area contributed by atoms with Gasteiger partial charge < -0.3 is 14.6 Å². The third-order valence-electron chi connectivity index (χ3n) is 4.35. The van der Waals surface area contributed by atoms with E-state index in [0.717, 1.165) is 12.8 Å². The molecule has 2 heterocycles. The lowest BCUT2D eigenvalue weighted by Crippen LogP contribution is -2.06. The minimum Gasteiger partial charge on any atom is -0.494 e. The van der Waals surface area contributed by atoms with E-state index in [1.165, 1.54) is 38.2 Å². The van der Waals surface area contributed by atoms with E-state index < -0.39 is 15.5 Å². The molecule has 1 aromatic heterocycles. The molecule has 1 N–H and O–H groups in total. The monoisotopic (exact) mass is 379 g/mol. The summed E-state index contributed by atoms with van der Waals surface area (Å²) in [6, 6.07) is 3.12. The van der Waals surface area contributed by atoms with Gasteiger partial charge in [0.15, 0.2) is 11.4 Å². The minimum absolute atomic E-state index is 0.0481. The molecular weight excluding hydrogens is 358 g/mol. The Hall–Kier alpha value is -2.55. The summed E-state index contributed by atoms with van der Waals surface area (Å²) >= 11 is 0. The largest absolute Gasteiger partial charge is 0.494 e. The summed E-state index contributed by atoms with van der Waals surface area (Å²) in [5, 5.41) is 13.9. The highest BCUT2D eigenvalue weighted by Crippen LogP contribution is 2.42. The number of nitrogens with zero attached hydrogens (tertiary/aromatic N) is 3. The first-order valence-electron chi connectivity index (χ1n) is 8.13. The van der Waals surface area contributed by atoms with Crippen molar-refractivity contribution in [3.05, 3.63) is 29.5 Å². The van der Waals surface area contributed by atoms with Crippen molar-refractivity contribution < 1.29 is 23.6 Å². The van der Waals surface area contributed by atoms with Crippen LogP contribution in [0.15, 0.2) is 22.7 Å². The Morgan fingerprint density at radius 3 is 2.46 bits per heavy atom. The molecule has 0 unspecified atom stereocenters. The van der Waals surface area contributed by atoms with Crippen LogP contribution in [-0.2, 0) is 16.8 Å². The van der Waals surface area contributed by atoms with E-state index in [0.29, 0.717) is 17.3 Å².